The molecule has 0 spiro atoms. The van der Waals surface area contributed by atoms with Gasteiger partial charge in [-0.1, -0.05) is 72.3 Å². The summed E-state index contributed by atoms with van der Waals surface area (Å²) in [6.07, 6.45) is 0. The van der Waals surface area contributed by atoms with Gasteiger partial charge in [-0.2, -0.15) is 0 Å². The van der Waals surface area contributed by atoms with Gasteiger partial charge in [0.25, 0.3) is 0 Å². The molecule has 0 saturated heterocycles. The van der Waals surface area contributed by atoms with E-state index in [2.05, 4.69) is 58.8 Å². The van der Waals surface area contributed by atoms with Crippen LogP contribution in [0, 0.1) is 6.92 Å². The fraction of sp³-hybridized carbons (Fsp3) is 0.0476. The van der Waals surface area contributed by atoms with Crippen molar-refractivity contribution in [1.82, 2.24) is 10.2 Å². The van der Waals surface area contributed by atoms with Crippen LogP contribution in [-0.4, -0.2) is 21.1 Å². The van der Waals surface area contributed by atoms with Gasteiger partial charge in [-0.05, 0) is 19.1 Å². The molecular formula is C21H22ClN3O2. The van der Waals surface area contributed by atoms with E-state index < -0.39 is 0 Å². The third kappa shape index (κ3) is 4.60. The zero-order valence-electron chi connectivity index (χ0n) is 14.8. The van der Waals surface area contributed by atoms with Crippen LogP contribution in [0.5, 0.6) is 0 Å². The van der Waals surface area contributed by atoms with Gasteiger partial charge in [0, 0.05) is 22.0 Å². The number of nitrogens with zero attached hydrogens (tertiary/aromatic N) is 2. The van der Waals surface area contributed by atoms with Crippen LogP contribution in [0.4, 0.5) is 11.5 Å². The van der Waals surface area contributed by atoms with Crippen molar-refractivity contribution in [3.05, 3.63) is 84.4 Å². The number of fused-ring (bicyclic) bond motifs is 1. The number of hydrogen-bond donors (Lipinski definition) is 1. The highest BCUT2D eigenvalue weighted by Gasteiger charge is 2.10. The number of para-hydroxylation sites is 1. The van der Waals surface area contributed by atoms with Crippen LogP contribution in [0.15, 0.2) is 78.9 Å². The van der Waals surface area contributed by atoms with Crippen molar-refractivity contribution in [2.24, 2.45) is 0 Å². The summed E-state index contributed by atoms with van der Waals surface area (Å²) >= 11 is 0. The Labute approximate surface area is 164 Å². The monoisotopic (exact) mass is 383 g/mol. The van der Waals surface area contributed by atoms with E-state index in [0.29, 0.717) is 0 Å². The lowest BCUT2D eigenvalue weighted by atomic mass is 10.0. The number of aromatic nitrogens is 2. The molecule has 0 aliphatic heterocycles. The lowest BCUT2D eigenvalue weighted by Crippen LogP contribution is -1.99. The quantitative estimate of drug-likeness (QED) is 0.575. The maximum Gasteiger partial charge on any atom is 0.161 e. The lowest BCUT2D eigenvalue weighted by molar-refractivity contribution is 0.823. The van der Waals surface area contributed by atoms with Gasteiger partial charge in [0.2, 0.25) is 0 Å². The molecule has 0 amide bonds. The van der Waals surface area contributed by atoms with Gasteiger partial charge in [-0.15, -0.1) is 22.6 Å². The molecule has 0 saturated carbocycles. The van der Waals surface area contributed by atoms with Crippen molar-refractivity contribution < 1.29 is 11.0 Å². The molecular weight excluding hydrogens is 362 g/mol. The Kier molecular flexibility index (Phi) is 7.87. The minimum Gasteiger partial charge on any atom is -0.412 e. The normalized spacial score (nSPS) is 9.52. The van der Waals surface area contributed by atoms with Crippen molar-refractivity contribution in [2.45, 2.75) is 6.92 Å². The summed E-state index contributed by atoms with van der Waals surface area (Å²) < 4.78 is 0. The average molecular weight is 384 g/mol. The molecule has 5 N–H and O–H groups in total. The molecule has 0 bridgehead atoms. The number of rotatable bonds is 3. The van der Waals surface area contributed by atoms with E-state index in [0.717, 1.165) is 33.5 Å². The second kappa shape index (κ2) is 9.64. The van der Waals surface area contributed by atoms with Crippen LogP contribution in [0.25, 0.3) is 22.0 Å². The van der Waals surface area contributed by atoms with Gasteiger partial charge in [0.1, 0.15) is 5.69 Å². The van der Waals surface area contributed by atoms with E-state index in [1.165, 1.54) is 5.56 Å². The van der Waals surface area contributed by atoms with Crippen LogP contribution in [-0.2, 0) is 0 Å². The van der Waals surface area contributed by atoms with Crippen molar-refractivity contribution in [2.75, 3.05) is 5.32 Å². The fourth-order valence-corrected chi connectivity index (χ4v) is 2.78. The van der Waals surface area contributed by atoms with Gasteiger partial charge in [-0.25, -0.2) is 0 Å². The molecule has 0 unspecified atom stereocenters. The highest BCUT2D eigenvalue weighted by Crippen LogP contribution is 2.30. The summed E-state index contributed by atoms with van der Waals surface area (Å²) in [5.74, 6) is 0.771. The van der Waals surface area contributed by atoms with E-state index in [1.807, 2.05) is 42.5 Å². The molecule has 0 aliphatic rings. The number of halogens is 1. The lowest BCUT2D eigenvalue weighted by Gasteiger charge is -2.11. The predicted octanol–water partition coefficient (Wildman–Crippen LogP) is 4.12. The first-order valence-electron chi connectivity index (χ1n) is 7.96. The molecule has 6 heteroatoms. The van der Waals surface area contributed by atoms with Crippen molar-refractivity contribution in [3.63, 3.8) is 0 Å². The third-order valence-electron chi connectivity index (χ3n) is 4.05. The predicted molar refractivity (Wildman–Crippen MR) is 114 cm³/mol. The first kappa shape index (κ1) is 22.1. The number of anilines is 2. The summed E-state index contributed by atoms with van der Waals surface area (Å²) in [6, 6.07) is 26.6. The van der Waals surface area contributed by atoms with Gasteiger partial charge in [0.15, 0.2) is 5.82 Å². The summed E-state index contributed by atoms with van der Waals surface area (Å²) in [6.45, 7) is 2.08. The Morgan fingerprint density at radius 3 is 1.93 bits per heavy atom. The van der Waals surface area contributed by atoms with Gasteiger partial charge in [-0.3, -0.25) is 0 Å². The molecule has 3 aromatic carbocycles. The molecule has 1 heterocycles. The van der Waals surface area contributed by atoms with Crippen LogP contribution in [0.2, 0.25) is 0 Å². The summed E-state index contributed by atoms with van der Waals surface area (Å²) in [5.41, 5.74) is 4.22. The first-order valence-corrected chi connectivity index (χ1v) is 7.96. The minimum absolute atomic E-state index is 0. The molecule has 27 heavy (non-hydrogen) atoms. The number of benzene rings is 3. The Hall–Kier alpha value is -2.99. The molecule has 0 aliphatic carbocycles. The zero-order chi connectivity index (χ0) is 16.4. The fourth-order valence-electron chi connectivity index (χ4n) is 2.78. The van der Waals surface area contributed by atoms with Gasteiger partial charge in [0.05, 0.1) is 0 Å². The molecule has 140 valence electrons. The SMILES string of the molecule is Cc1ccc(-c2nnc(Nc3ccccc3)c3ccccc23)cc1.Cl.O.O. The number of aryl methyl sites for hydroxylation is 1. The molecule has 0 atom stereocenters. The van der Waals surface area contributed by atoms with E-state index in [9.17, 15) is 0 Å². The molecule has 0 radical (unpaired) electrons. The van der Waals surface area contributed by atoms with Gasteiger partial charge < -0.3 is 16.3 Å². The second-order valence-corrected chi connectivity index (χ2v) is 5.80. The van der Waals surface area contributed by atoms with Crippen LogP contribution in [0.3, 0.4) is 0 Å². The Morgan fingerprint density at radius 2 is 1.26 bits per heavy atom. The summed E-state index contributed by atoms with van der Waals surface area (Å²) in [5, 5.41) is 14.4. The standard InChI is InChI=1S/C21H17N3.ClH.2H2O/c1-15-11-13-16(14-12-15)20-18-9-5-6-10-19(18)21(24-23-20)22-17-7-3-2-4-8-17;;;/h2-14H,1H3,(H,22,24);1H;2*1H2. The van der Waals surface area contributed by atoms with Crippen LogP contribution >= 0.6 is 12.4 Å². The topological polar surface area (TPSA) is 101 Å². The van der Waals surface area contributed by atoms with E-state index in [-0.39, 0.29) is 23.4 Å². The van der Waals surface area contributed by atoms with Crippen molar-refractivity contribution >= 4 is 34.7 Å². The largest absolute Gasteiger partial charge is 0.412 e. The maximum atomic E-state index is 4.49. The van der Waals surface area contributed by atoms with Crippen LogP contribution in [0.1, 0.15) is 5.56 Å². The number of nitrogens with one attached hydrogen (secondary N) is 1. The van der Waals surface area contributed by atoms with Gasteiger partial charge >= 0.3 is 0 Å². The summed E-state index contributed by atoms with van der Waals surface area (Å²) in [7, 11) is 0. The minimum atomic E-state index is 0. The van der Waals surface area contributed by atoms with Crippen LogP contribution < -0.4 is 5.32 Å². The first-order chi connectivity index (χ1) is 11.8. The van der Waals surface area contributed by atoms with E-state index in [4.69, 9.17) is 0 Å². The Balaban J connectivity index is 0.00000121. The molecule has 1 aromatic heterocycles. The zero-order valence-corrected chi connectivity index (χ0v) is 15.6. The van der Waals surface area contributed by atoms with E-state index in [1.54, 1.807) is 0 Å². The smallest absolute Gasteiger partial charge is 0.161 e. The molecule has 0 fully saturated rings. The highest BCUT2D eigenvalue weighted by molar-refractivity contribution is 6.00. The summed E-state index contributed by atoms with van der Waals surface area (Å²) in [4.78, 5) is 0. The highest BCUT2D eigenvalue weighted by atomic mass is 35.5. The number of hydrogen-bond acceptors (Lipinski definition) is 3. The Bertz CT molecular complexity index is 993. The van der Waals surface area contributed by atoms with Crippen molar-refractivity contribution in [3.8, 4) is 11.3 Å². The van der Waals surface area contributed by atoms with E-state index >= 15 is 0 Å². The average Bonchev–Trinajstić information content (AvgIpc) is 2.64. The third-order valence-corrected chi connectivity index (χ3v) is 4.05. The van der Waals surface area contributed by atoms with Crippen molar-refractivity contribution in [1.29, 1.82) is 0 Å². The molecule has 4 rings (SSSR count). The Morgan fingerprint density at radius 1 is 0.667 bits per heavy atom. The molecule has 5 nitrogen and oxygen atoms in total. The molecule has 4 aromatic rings. The second-order valence-electron chi connectivity index (χ2n) is 5.80. The maximum absolute atomic E-state index is 4.49.